The maximum absolute atomic E-state index is 12.6. The zero-order chi connectivity index (χ0) is 20.4. The number of halogens is 3. The van der Waals surface area contributed by atoms with E-state index in [-0.39, 0.29) is 23.6 Å². The number of nitrogens with one attached hydrogen (secondary N) is 1. The molecule has 0 radical (unpaired) electrons. The first-order valence-corrected chi connectivity index (χ1v) is 9.90. The van der Waals surface area contributed by atoms with Crippen molar-refractivity contribution < 1.29 is 22.5 Å². The molecule has 0 saturated heterocycles. The lowest BCUT2D eigenvalue weighted by Gasteiger charge is -2.21. The predicted octanol–water partition coefficient (Wildman–Crippen LogP) is 3.52. The number of amides is 1. The summed E-state index contributed by atoms with van der Waals surface area (Å²) in [6.45, 7) is 0.318. The zero-order valence-corrected chi connectivity index (χ0v) is 16.0. The molecule has 8 nitrogen and oxygen atoms in total. The van der Waals surface area contributed by atoms with E-state index >= 15 is 0 Å². The Bertz CT molecular complexity index is 989. The van der Waals surface area contributed by atoms with Crippen LogP contribution in [0.15, 0.2) is 23.0 Å². The van der Waals surface area contributed by atoms with Gasteiger partial charge in [-0.3, -0.25) is 4.79 Å². The van der Waals surface area contributed by atoms with E-state index in [1.807, 2.05) is 0 Å². The maximum Gasteiger partial charge on any atom is 0.471 e. The number of alkyl halides is 3. The molecular weight excluding hydrogens is 409 g/mol. The largest absolute Gasteiger partial charge is 0.471 e. The van der Waals surface area contributed by atoms with Crippen LogP contribution in [0, 0.1) is 0 Å². The lowest BCUT2D eigenvalue weighted by Crippen LogP contribution is -2.36. The first-order chi connectivity index (χ1) is 13.9. The van der Waals surface area contributed by atoms with Gasteiger partial charge in [-0.2, -0.15) is 18.2 Å². The van der Waals surface area contributed by atoms with E-state index in [9.17, 15) is 18.0 Å². The molecule has 1 aliphatic rings. The summed E-state index contributed by atoms with van der Waals surface area (Å²) >= 11 is 1.21. The lowest BCUT2D eigenvalue weighted by molar-refractivity contribution is -0.159. The summed E-state index contributed by atoms with van der Waals surface area (Å²) in [5.74, 6) is -1.71. The fourth-order valence-corrected chi connectivity index (χ4v) is 4.08. The average molecular weight is 426 g/mol. The number of rotatable bonds is 5. The highest BCUT2D eigenvalue weighted by Crippen LogP contribution is 2.31. The number of carbonyl (C=O) groups excluding carboxylic acids is 1. The molecule has 0 bridgehead atoms. The van der Waals surface area contributed by atoms with Crippen molar-refractivity contribution in [1.82, 2.24) is 30.2 Å². The minimum atomic E-state index is -4.68. The van der Waals surface area contributed by atoms with Crippen molar-refractivity contribution in [2.24, 2.45) is 0 Å². The molecular formula is C17H17F3N6O2S. The van der Waals surface area contributed by atoms with E-state index in [0.29, 0.717) is 11.4 Å². The van der Waals surface area contributed by atoms with Crippen LogP contribution in [0.3, 0.4) is 0 Å². The minimum Gasteiger partial charge on any atom is -0.347 e. The Kier molecular flexibility index (Phi) is 5.35. The van der Waals surface area contributed by atoms with Gasteiger partial charge in [0.15, 0.2) is 0 Å². The van der Waals surface area contributed by atoms with Crippen molar-refractivity contribution in [1.29, 1.82) is 0 Å². The molecule has 29 heavy (non-hydrogen) atoms. The molecule has 0 atom stereocenters. The lowest BCUT2D eigenvalue weighted by atomic mass is 9.95. The van der Waals surface area contributed by atoms with Crippen LogP contribution in [0.2, 0.25) is 0 Å². The fourth-order valence-electron chi connectivity index (χ4n) is 3.15. The smallest absolute Gasteiger partial charge is 0.347 e. The van der Waals surface area contributed by atoms with Crippen molar-refractivity contribution in [3.05, 3.63) is 35.1 Å². The van der Waals surface area contributed by atoms with E-state index in [1.165, 1.54) is 28.8 Å². The second-order valence-corrected chi connectivity index (χ2v) is 7.93. The Morgan fingerprint density at radius 1 is 1.28 bits per heavy atom. The Morgan fingerprint density at radius 3 is 2.79 bits per heavy atom. The van der Waals surface area contributed by atoms with Gasteiger partial charge >= 0.3 is 12.1 Å². The third-order valence-corrected chi connectivity index (χ3v) is 5.61. The molecule has 1 amide bonds. The minimum absolute atomic E-state index is 0.0975. The Morgan fingerprint density at radius 2 is 2.07 bits per heavy atom. The molecule has 0 aromatic carbocycles. The molecule has 4 rings (SSSR count). The Labute approximate surface area is 167 Å². The molecule has 1 aliphatic carbocycles. The molecule has 0 aliphatic heterocycles. The van der Waals surface area contributed by atoms with Crippen LogP contribution in [0.1, 0.15) is 53.5 Å². The van der Waals surface area contributed by atoms with Crippen molar-refractivity contribution >= 4 is 17.2 Å². The highest BCUT2D eigenvalue weighted by molar-refractivity contribution is 7.15. The topological polar surface area (TPSA) is 98.7 Å². The van der Waals surface area contributed by atoms with Crippen molar-refractivity contribution in [3.63, 3.8) is 0 Å². The summed E-state index contributed by atoms with van der Waals surface area (Å²) < 4.78 is 43.5. The van der Waals surface area contributed by atoms with Crippen LogP contribution in [0.25, 0.3) is 10.7 Å². The molecule has 1 saturated carbocycles. The van der Waals surface area contributed by atoms with E-state index in [0.717, 1.165) is 30.6 Å². The molecule has 154 valence electrons. The van der Waals surface area contributed by atoms with E-state index in [4.69, 9.17) is 0 Å². The summed E-state index contributed by atoms with van der Waals surface area (Å²) in [5, 5.41) is 10.5. The SMILES string of the molecule is O=C(NC1CCCCC1)c1ncn(Cc2ccc(-c3noc(C(F)(F)F)n3)s2)n1. The van der Waals surface area contributed by atoms with Gasteiger partial charge in [0.2, 0.25) is 11.6 Å². The molecule has 0 unspecified atom stereocenters. The van der Waals surface area contributed by atoms with E-state index < -0.39 is 12.1 Å². The summed E-state index contributed by atoms with van der Waals surface area (Å²) in [6.07, 6.45) is 2.12. The second kappa shape index (κ2) is 7.93. The fraction of sp³-hybridized carbons (Fsp3) is 0.471. The van der Waals surface area contributed by atoms with Gasteiger partial charge in [0.25, 0.3) is 5.91 Å². The quantitative estimate of drug-likeness (QED) is 0.670. The molecule has 1 fully saturated rings. The number of thiophene rings is 1. The number of hydrogen-bond acceptors (Lipinski definition) is 7. The van der Waals surface area contributed by atoms with Crippen LogP contribution < -0.4 is 5.32 Å². The van der Waals surface area contributed by atoms with Gasteiger partial charge in [0, 0.05) is 10.9 Å². The van der Waals surface area contributed by atoms with Crippen LogP contribution >= 0.6 is 11.3 Å². The molecule has 12 heteroatoms. The van der Waals surface area contributed by atoms with Crippen molar-refractivity contribution in [3.8, 4) is 10.7 Å². The monoisotopic (exact) mass is 426 g/mol. The zero-order valence-electron chi connectivity index (χ0n) is 15.1. The van der Waals surface area contributed by atoms with Gasteiger partial charge in [0.05, 0.1) is 11.4 Å². The van der Waals surface area contributed by atoms with Gasteiger partial charge in [-0.15, -0.1) is 16.4 Å². The summed E-state index contributed by atoms with van der Waals surface area (Å²) in [5.41, 5.74) is 0. The number of nitrogens with zero attached hydrogens (tertiary/aromatic N) is 5. The molecule has 3 aromatic rings. The van der Waals surface area contributed by atoms with Gasteiger partial charge in [0.1, 0.15) is 6.33 Å². The highest BCUT2D eigenvalue weighted by atomic mass is 32.1. The van der Waals surface area contributed by atoms with Gasteiger partial charge in [-0.1, -0.05) is 24.4 Å². The molecule has 3 aromatic heterocycles. The number of hydrogen-bond donors (Lipinski definition) is 1. The number of carbonyl (C=O) groups is 1. The third-order valence-electron chi connectivity index (χ3n) is 4.55. The Balaban J connectivity index is 1.39. The first-order valence-electron chi connectivity index (χ1n) is 9.09. The summed E-state index contributed by atoms with van der Waals surface area (Å²) in [6, 6.07) is 3.51. The van der Waals surface area contributed by atoms with Gasteiger partial charge in [-0.05, 0) is 25.0 Å². The number of aromatic nitrogens is 5. The van der Waals surface area contributed by atoms with E-state index in [2.05, 4.69) is 30.1 Å². The van der Waals surface area contributed by atoms with E-state index in [1.54, 1.807) is 12.1 Å². The van der Waals surface area contributed by atoms with Gasteiger partial charge in [-0.25, -0.2) is 9.67 Å². The predicted molar refractivity (Wildman–Crippen MR) is 96.1 cm³/mol. The van der Waals surface area contributed by atoms with Gasteiger partial charge < -0.3 is 9.84 Å². The summed E-state index contributed by atoms with van der Waals surface area (Å²) in [7, 11) is 0. The van der Waals surface area contributed by atoms with Crippen LogP contribution in [0.4, 0.5) is 13.2 Å². The maximum atomic E-state index is 12.6. The van der Waals surface area contributed by atoms with Crippen LogP contribution in [-0.4, -0.2) is 36.9 Å². The molecule has 3 heterocycles. The standard InChI is InChI=1S/C17H17F3N6O2S/c18-17(19,20)16-23-13(25-28-16)12-7-6-11(29-12)8-26-9-21-14(24-26)15(27)22-10-4-2-1-3-5-10/h6-7,9-10H,1-5,8H2,(H,22,27). The normalized spacial score (nSPS) is 15.6. The Hall–Kier alpha value is -2.76. The first kappa shape index (κ1) is 19.6. The summed E-state index contributed by atoms with van der Waals surface area (Å²) in [4.78, 5) is 20.9. The molecule has 0 spiro atoms. The van der Waals surface area contributed by atoms with Crippen LogP contribution in [-0.2, 0) is 12.7 Å². The van der Waals surface area contributed by atoms with Crippen molar-refractivity contribution in [2.75, 3.05) is 0 Å². The van der Waals surface area contributed by atoms with Crippen LogP contribution in [0.5, 0.6) is 0 Å². The van der Waals surface area contributed by atoms with Crippen molar-refractivity contribution in [2.45, 2.75) is 50.9 Å². The third kappa shape index (κ3) is 4.63. The average Bonchev–Trinajstić information content (AvgIpc) is 3.43. The highest BCUT2D eigenvalue weighted by Gasteiger charge is 2.38. The second-order valence-electron chi connectivity index (χ2n) is 6.76. The molecule has 1 N–H and O–H groups in total.